The smallest absolute Gasteiger partial charge is 0.335 e. The maximum Gasteiger partial charge on any atom is 0.335 e. The lowest BCUT2D eigenvalue weighted by molar-refractivity contribution is 0.0697. The van der Waals surface area contributed by atoms with Crippen LogP contribution in [0.2, 0.25) is 0 Å². The number of hydrogen-bond donors (Lipinski definition) is 2. The molecule has 1 aromatic carbocycles. The highest BCUT2D eigenvalue weighted by atomic mass is 16.4. The van der Waals surface area contributed by atoms with Crippen LogP contribution in [0.3, 0.4) is 0 Å². The first-order valence-electron chi connectivity index (χ1n) is 5.72. The van der Waals surface area contributed by atoms with Crippen molar-refractivity contribution in [3.63, 3.8) is 0 Å². The van der Waals surface area contributed by atoms with E-state index >= 15 is 0 Å². The van der Waals surface area contributed by atoms with Crippen molar-refractivity contribution < 1.29 is 9.90 Å². The molecule has 0 aliphatic rings. The molecule has 0 aliphatic heterocycles. The van der Waals surface area contributed by atoms with E-state index in [1.165, 1.54) is 0 Å². The summed E-state index contributed by atoms with van der Waals surface area (Å²) in [6.07, 6.45) is 4.42. The molecule has 0 unspecified atom stereocenters. The van der Waals surface area contributed by atoms with Crippen LogP contribution in [-0.2, 0) is 6.42 Å². The molecule has 2 N–H and O–H groups in total. The molecule has 92 valence electrons. The monoisotopic (exact) mass is 242 g/mol. The minimum atomic E-state index is -0.911. The molecule has 0 atom stereocenters. The van der Waals surface area contributed by atoms with Gasteiger partial charge in [-0.05, 0) is 36.2 Å². The van der Waals surface area contributed by atoms with Crippen molar-refractivity contribution in [2.75, 3.05) is 11.9 Å². The molecule has 2 aromatic rings. The Balaban J connectivity index is 1.90. The summed E-state index contributed by atoms with van der Waals surface area (Å²) in [5, 5.41) is 12.1. The molecule has 0 saturated carbocycles. The molecule has 4 nitrogen and oxygen atoms in total. The van der Waals surface area contributed by atoms with Crippen LogP contribution in [0.4, 0.5) is 5.69 Å². The lowest BCUT2D eigenvalue weighted by atomic mass is 10.2. The molecule has 18 heavy (non-hydrogen) atoms. The third-order valence-electron chi connectivity index (χ3n) is 2.58. The normalized spacial score (nSPS) is 10.0. The quantitative estimate of drug-likeness (QED) is 0.845. The van der Waals surface area contributed by atoms with Crippen molar-refractivity contribution in [1.29, 1.82) is 0 Å². The van der Waals surface area contributed by atoms with Gasteiger partial charge in [-0.15, -0.1) is 0 Å². The van der Waals surface area contributed by atoms with Crippen LogP contribution in [0.1, 0.15) is 15.9 Å². The predicted molar refractivity (Wildman–Crippen MR) is 69.8 cm³/mol. The van der Waals surface area contributed by atoms with E-state index in [2.05, 4.69) is 10.3 Å². The fraction of sp³-hybridized carbons (Fsp3) is 0.143. The fourth-order valence-electron chi connectivity index (χ4n) is 1.66. The van der Waals surface area contributed by atoms with Gasteiger partial charge < -0.3 is 10.4 Å². The van der Waals surface area contributed by atoms with Crippen LogP contribution >= 0.6 is 0 Å². The first-order chi connectivity index (χ1) is 8.75. The van der Waals surface area contributed by atoms with Crippen molar-refractivity contribution >= 4 is 11.7 Å². The van der Waals surface area contributed by atoms with Gasteiger partial charge in [-0.1, -0.05) is 12.1 Å². The van der Waals surface area contributed by atoms with E-state index in [9.17, 15) is 4.79 Å². The fourth-order valence-corrected chi connectivity index (χ4v) is 1.66. The second-order valence-electron chi connectivity index (χ2n) is 3.92. The Labute approximate surface area is 105 Å². The molecule has 0 fully saturated rings. The number of carboxylic acid groups (broad SMARTS) is 1. The molecule has 0 saturated heterocycles. The lowest BCUT2D eigenvalue weighted by Gasteiger charge is -2.06. The molecular formula is C14H14N2O2. The van der Waals surface area contributed by atoms with Gasteiger partial charge in [0, 0.05) is 24.6 Å². The number of rotatable bonds is 5. The van der Waals surface area contributed by atoms with E-state index in [0.29, 0.717) is 5.56 Å². The van der Waals surface area contributed by atoms with Gasteiger partial charge >= 0.3 is 5.97 Å². The highest BCUT2D eigenvalue weighted by molar-refractivity contribution is 5.88. The largest absolute Gasteiger partial charge is 0.478 e. The van der Waals surface area contributed by atoms with Crippen LogP contribution in [-0.4, -0.2) is 22.6 Å². The second kappa shape index (κ2) is 5.82. The number of benzene rings is 1. The average molecular weight is 242 g/mol. The molecular weight excluding hydrogens is 228 g/mol. The zero-order valence-electron chi connectivity index (χ0n) is 9.84. The lowest BCUT2D eigenvalue weighted by Crippen LogP contribution is -2.06. The van der Waals surface area contributed by atoms with Crippen LogP contribution in [0.25, 0.3) is 0 Å². The van der Waals surface area contributed by atoms with E-state index in [1.807, 2.05) is 24.4 Å². The maximum atomic E-state index is 10.8. The molecule has 0 bridgehead atoms. The number of nitrogens with one attached hydrogen (secondary N) is 1. The number of pyridine rings is 1. The summed E-state index contributed by atoms with van der Waals surface area (Å²) in [6.45, 7) is 0.745. The van der Waals surface area contributed by atoms with Crippen molar-refractivity contribution in [1.82, 2.24) is 4.98 Å². The Bertz CT molecular complexity index is 526. The molecule has 1 heterocycles. The molecule has 0 spiro atoms. The summed E-state index contributed by atoms with van der Waals surface area (Å²) in [6, 6.07) is 10.7. The topological polar surface area (TPSA) is 62.2 Å². The number of carbonyl (C=O) groups is 1. The maximum absolute atomic E-state index is 10.8. The molecule has 1 aromatic heterocycles. The van der Waals surface area contributed by atoms with Gasteiger partial charge in [0.2, 0.25) is 0 Å². The Kier molecular flexibility index (Phi) is 3.91. The number of anilines is 1. The Morgan fingerprint density at radius 1 is 1.28 bits per heavy atom. The predicted octanol–water partition coefficient (Wildman–Crippen LogP) is 2.43. The number of nitrogens with zero attached hydrogens (tertiary/aromatic N) is 1. The van der Waals surface area contributed by atoms with Crippen molar-refractivity contribution in [2.24, 2.45) is 0 Å². The minimum absolute atomic E-state index is 0.293. The van der Waals surface area contributed by atoms with Crippen LogP contribution in [0, 0.1) is 0 Å². The number of hydrogen-bond acceptors (Lipinski definition) is 3. The van der Waals surface area contributed by atoms with Gasteiger partial charge in [0.1, 0.15) is 0 Å². The zero-order valence-corrected chi connectivity index (χ0v) is 9.84. The minimum Gasteiger partial charge on any atom is -0.478 e. The van der Waals surface area contributed by atoms with Crippen molar-refractivity contribution in [3.05, 3.63) is 59.9 Å². The first-order valence-corrected chi connectivity index (χ1v) is 5.72. The summed E-state index contributed by atoms with van der Waals surface area (Å²) in [5.74, 6) is -0.911. The van der Waals surface area contributed by atoms with Gasteiger partial charge in [-0.3, -0.25) is 4.98 Å². The number of aromatic nitrogens is 1. The molecule has 0 radical (unpaired) electrons. The Hall–Kier alpha value is -2.36. The van der Waals surface area contributed by atoms with E-state index in [1.54, 1.807) is 24.4 Å². The molecule has 2 rings (SSSR count). The zero-order chi connectivity index (χ0) is 12.8. The second-order valence-corrected chi connectivity index (χ2v) is 3.92. The molecule has 4 heteroatoms. The summed E-state index contributed by atoms with van der Waals surface area (Å²) in [5.41, 5.74) is 2.26. The highest BCUT2D eigenvalue weighted by Gasteiger charge is 2.02. The number of aromatic carboxylic acids is 1. The highest BCUT2D eigenvalue weighted by Crippen LogP contribution is 2.10. The van der Waals surface area contributed by atoms with E-state index in [0.717, 1.165) is 24.2 Å². The van der Waals surface area contributed by atoms with Gasteiger partial charge in [0.15, 0.2) is 0 Å². The Morgan fingerprint density at radius 3 is 2.89 bits per heavy atom. The van der Waals surface area contributed by atoms with Gasteiger partial charge in [0.05, 0.1) is 5.56 Å². The van der Waals surface area contributed by atoms with E-state index < -0.39 is 5.97 Å². The summed E-state index contributed by atoms with van der Waals surface area (Å²) in [4.78, 5) is 14.9. The summed E-state index contributed by atoms with van der Waals surface area (Å²) < 4.78 is 0. The first kappa shape index (κ1) is 12.1. The standard InChI is InChI=1S/C14H14N2O2/c17-14(18)12-4-1-5-13(9-12)16-8-6-11-3-2-7-15-10-11/h1-5,7,9-10,16H,6,8H2,(H,17,18). The van der Waals surface area contributed by atoms with Crippen LogP contribution in [0.5, 0.6) is 0 Å². The van der Waals surface area contributed by atoms with Gasteiger partial charge in [0.25, 0.3) is 0 Å². The summed E-state index contributed by atoms with van der Waals surface area (Å²) >= 11 is 0. The molecule has 0 aliphatic carbocycles. The van der Waals surface area contributed by atoms with Crippen molar-refractivity contribution in [2.45, 2.75) is 6.42 Å². The average Bonchev–Trinajstić information content (AvgIpc) is 2.40. The number of carboxylic acids is 1. The van der Waals surface area contributed by atoms with Gasteiger partial charge in [-0.2, -0.15) is 0 Å². The summed E-state index contributed by atoms with van der Waals surface area (Å²) in [7, 11) is 0. The molecule has 0 amide bonds. The van der Waals surface area contributed by atoms with Crippen LogP contribution in [0.15, 0.2) is 48.8 Å². The van der Waals surface area contributed by atoms with E-state index in [-0.39, 0.29) is 0 Å². The SMILES string of the molecule is O=C(O)c1cccc(NCCc2cccnc2)c1. The van der Waals surface area contributed by atoms with Crippen LogP contribution < -0.4 is 5.32 Å². The van der Waals surface area contributed by atoms with Gasteiger partial charge in [-0.25, -0.2) is 4.79 Å². The third-order valence-corrected chi connectivity index (χ3v) is 2.58. The van der Waals surface area contributed by atoms with Crippen molar-refractivity contribution in [3.8, 4) is 0 Å². The van der Waals surface area contributed by atoms with E-state index in [4.69, 9.17) is 5.11 Å². The Morgan fingerprint density at radius 2 is 2.17 bits per heavy atom. The third kappa shape index (κ3) is 3.31.